The maximum atomic E-state index is 5.08. The molecule has 0 fully saturated rings. The van der Waals surface area contributed by atoms with Gasteiger partial charge in [-0.25, -0.2) is 0 Å². The van der Waals surface area contributed by atoms with Crippen LogP contribution >= 0.6 is 0 Å². The smallest absolute Gasteiger partial charge is 0.316 e. The molecule has 1 heterocycles. The Hall–Kier alpha value is -1.18. The molecule has 51 valence electrons. The van der Waals surface area contributed by atoms with E-state index in [1.54, 1.807) is 0 Å². The predicted molar refractivity (Wildman–Crippen MR) is 36.7 cm³/mol. The molecule has 0 aliphatic carbocycles. The van der Waals surface area contributed by atoms with Gasteiger partial charge >= 0.3 is 6.79 Å². The van der Waals surface area contributed by atoms with E-state index in [0.717, 1.165) is 17.1 Å². The molecule has 0 amide bonds. The van der Waals surface area contributed by atoms with Gasteiger partial charge < -0.3 is 9.47 Å². The maximum Gasteiger partial charge on any atom is 0.316 e. The van der Waals surface area contributed by atoms with E-state index in [1.807, 2.05) is 25.1 Å². The van der Waals surface area contributed by atoms with Crippen molar-refractivity contribution in [2.75, 3.05) is 0 Å². The van der Waals surface area contributed by atoms with Gasteiger partial charge in [0.1, 0.15) is 0 Å². The Balaban J connectivity index is 2.59. The summed E-state index contributed by atoms with van der Waals surface area (Å²) in [7, 11) is 0. The van der Waals surface area contributed by atoms with Gasteiger partial charge in [-0.15, -0.1) is 0 Å². The average Bonchev–Trinajstić information content (AvgIpc) is 2.36. The molecule has 1 aromatic rings. The summed E-state index contributed by atoms with van der Waals surface area (Å²) in [6.07, 6.45) is 0. The fourth-order valence-corrected chi connectivity index (χ4v) is 0.993. The zero-order chi connectivity index (χ0) is 6.97. The van der Waals surface area contributed by atoms with E-state index in [1.165, 1.54) is 6.79 Å². The Bertz CT molecular complexity index is 255. The van der Waals surface area contributed by atoms with Crippen molar-refractivity contribution in [3.8, 4) is 11.5 Å². The lowest BCUT2D eigenvalue weighted by Gasteiger charge is -1.96. The maximum absolute atomic E-state index is 5.08. The van der Waals surface area contributed by atoms with Gasteiger partial charge in [-0.3, -0.25) is 0 Å². The Morgan fingerprint density at radius 3 is 2.90 bits per heavy atom. The summed E-state index contributed by atoms with van der Waals surface area (Å²) in [5, 5.41) is 0. The third-order valence-electron chi connectivity index (χ3n) is 1.52. The number of rotatable bonds is 0. The number of benzene rings is 1. The SMILES string of the molecule is Cc1cccc2c1O[CH]O2. The minimum atomic E-state index is 0.806. The summed E-state index contributed by atoms with van der Waals surface area (Å²) >= 11 is 0. The van der Waals surface area contributed by atoms with Gasteiger partial charge in [-0.05, 0) is 18.6 Å². The van der Waals surface area contributed by atoms with E-state index in [-0.39, 0.29) is 0 Å². The molecule has 10 heavy (non-hydrogen) atoms. The normalized spacial score (nSPS) is 13.7. The largest absolute Gasteiger partial charge is 0.444 e. The Labute approximate surface area is 59.4 Å². The summed E-state index contributed by atoms with van der Waals surface area (Å²) in [6, 6.07) is 5.81. The van der Waals surface area contributed by atoms with Crippen LogP contribution in [0.2, 0.25) is 0 Å². The minimum Gasteiger partial charge on any atom is -0.444 e. The topological polar surface area (TPSA) is 18.5 Å². The number of para-hydroxylation sites is 1. The Kier molecular flexibility index (Phi) is 1.07. The van der Waals surface area contributed by atoms with E-state index in [2.05, 4.69) is 0 Å². The van der Waals surface area contributed by atoms with Crippen LogP contribution in [-0.4, -0.2) is 0 Å². The molecule has 1 aliphatic rings. The van der Waals surface area contributed by atoms with Gasteiger partial charge in [0.2, 0.25) is 0 Å². The molecule has 2 heteroatoms. The highest BCUT2D eigenvalue weighted by Gasteiger charge is 2.14. The van der Waals surface area contributed by atoms with E-state index in [4.69, 9.17) is 9.47 Å². The molecule has 1 aromatic carbocycles. The van der Waals surface area contributed by atoms with Crippen molar-refractivity contribution in [2.45, 2.75) is 6.92 Å². The first-order valence-corrected chi connectivity index (χ1v) is 3.12. The fourth-order valence-electron chi connectivity index (χ4n) is 0.993. The molecule has 0 spiro atoms. The van der Waals surface area contributed by atoms with Gasteiger partial charge in [-0.1, -0.05) is 12.1 Å². The number of hydrogen-bond donors (Lipinski definition) is 0. The second-order valence-corrected chi connectivity index (χ2v) is 2.23. The van der Waals surface area contributed by atoms with E-state index in [0.29, 0.717) is 0 Å². The van der Waals surface area contributed by atoms with Crippen LogP contribution < -0.4 is 9.47 Å². The summed E-state index contributed by atoms with van der Waals surface area (Å²) < 4.78 is 10.1. The highest BCUT2D eigenvalue weighted by atomic mass is 16.7. The van der Waals surface area contributed by atoms with Crippen LogP contribution in [0.3, 0.4) is 0 Å². The standard InChI is InChI=1S/C8H7O2/c1-6-3-2-4-7-8(6)10-5-9-7/h2-5H,1H3. The first-order valence-electron chi connectivity index (χ1n) is 3.12. The van der Waals surface area contributed by atoms with E-state index >= 15 is 0 Å². The lowest BCUT2D eigenvalue weighted by molar-refractivity contribution is 0.270. The molecule has 1 radical (unpaired) electrons. The van der Waals surface area contributed by atoms with Crippen LogP contribution in [0, 0.1) is 13.7 Å². The van der Waals surface area contributed by atoms with Gasteiger partial charge in [0.05, 0.1) is 0 Å². The van der Waals surface area contributed by atoms with Crippen molar-refractivity contribution in [3.63, 3.8) is 0 Å². The number of aryl methyl sites for hydroxylation is 1. The lowest BCUT2D eigenvalue weighted by Crippen LogP contribution is -1.84. The van der Waals surface area contributed by atoms with Crippen molar-refractivity contribution in [3.05, 3.63) is 30.6 Å². The first kappa shape index (κ1) is 5.59. The molecule has 0 saturated heterocycles. The molecule has 0 aromatic heterocycles. The van der Waals surface area contributed by atoms with Crippen LogP contribution in [0.4, 0.5) is 0 Å². The molecule has 0 saturated carbocycles. The van der Waals surface area contributed by atoms with Crippen LogP contribution in [0.15, 0.2) is 18.2 Å². The van der Waals surface area contributed by atoms with Crippen LogP contribution in [0.5, 0.6) is 11.5 Å². The molecule has 0 unspecified atom stereocenters. The molecule has 2 nitrogen and oxygen atoms in total. The zero-order valence-corrected chi connectivity index (χ0v) is 5.63. The van der Waals surface area contributed by atoms with Crippen molar-refractivity contribution < 1.29 is 9.47 Å². The van der Waals surface area contributed by atoms with Crippen molar-refractivity contribution in [1.29, 1.82) is 0 Å². The third-order valence-corrected chi connectivity index (χ3v) is 1.52. The highest BCUT2D eigenvalue weighted by molar-refractivity contribution is 5.47. The van der Waals surface area contributed by atoms with Crippen LogP contribution in [0.1, 0.15) is 5.56 Å². The highest BCUT2D eigenvalue weighted by Crippen LogP contribution is 2.35. The van der Waals surface area contributed by atoms with Crippen LogP contribution in [0.25, 0.3) is 0 Å². The lowest BCUT2D eigenvalue weighted by atomic mass is 10.2. The number of hydrogen-bond acceptors (Lipinski definition) is 2. The van der Waals surface area contributed by atoms with E-state index in [9.17, 15) is 0 Å². The van der Waals surface area contributed by atoms with Crippen LogP contribution in [-0.2, 0) is 0 Å². The second-order valence-electron chi connectivity index (χ2n) is 2.23. The van der Waals surface area contributed by atoms with Gasteiger partial charge in [-0.2, -0.15) is 0 Å². The summed E-state index contributed by atoms with van der Waals surface area (Å²) in [4.78, 5) is 0. The molecule has 0 bridgehead atoms. The van der Waals surface area contributed by atoms with E-state index < -0.39 is 0 Å². The third kappa shape index (κ3) is 0.652. The van der Waals surface area contributed by atoms with Crippen molar-refractivity contribution in [2.24, 2.45) is 0 Å². The van der Waals surface area contributed by atoms with Crippen molar-refractivity contribution in [1.82, 2.24) is 0 Å². The second kappa shape index (κ2) is 1.90. The monoisotopic (exact) mass is 135 g/mol. The molecule has 2 rings (SSSR count). The first-order chi connectivity index (χ1) is 4.88. The summed E-state index contributed by atoms with van der Waals surface area (Å²) in [6.45, 7) is 3.33. The van der Waals surface area contributed by atoms with Gasteiger partial charge in [0.15, 0.2) is 11.5 Å². The molecule has 1 aliphatic heterocycles. The molecular weight excluding hydrogens is 128 g/mol. The molecular formula is C8H7O2. The molecule has 0 N–H and O–H groups in total. The van der Waals surface area contributed by atoms with Crippen molar-refractivity contribution >= 4 is 0 Å². The summed E-state index contributed by atoms with van der Waals surface area (Å²) in [5.41, 5.74) is 1.10. The zero-order valence-electron chi connectivity index (χ0n) is 5.63. The molecule has 0 atom stereocenters. The quantitative estimate of drug-likeness (QED) is 0.540. The summed E-state index contributed by atoms with van der Waals surface area (Å²) in [5.74, 6) is 1.64. The number of fused-ring (bicyclic) bond motifs is 1. The minimum absolute atomic E-state index is 0.806. The number of ether oxygens (including phenoxy) is 2. The predicted octanol–water partition coefficient (Wildman–Crippen LogP) is 1.89. The fraction of sp³-hybridized carbons (Fsp3) is 0.125. The van der Waals surface area contributed by atoms with Gasteiger partial charge in [0.25, 0.3) is 0 Å². The Morgan fingerprint density at radius 2 is 2.10 bits per heavy atom. The van der Waals surface area contributed by atoms with Gasteiger partial charge in [0, 0.05) is 0 Å². The Morgan fingerprint density at radius 1 is 1.20 bits per heavy atom. The average molecular weight is 135 g/mol.